The van der Waals surface area contributed by atoms with Gasteiger partial charge in [-0.05, 0) is 43.3 Å². The molecule has 0 unspecified atom stereocenters. The average Bonchev–Trinajstić information content (AvgIpc) is 3.42. The van der Waals surface area contributed by atoms with Crippen LogP contribution in [0.2, 0.25) is 0 Å². The summed E-state index contributed by atoms with van der Waals surface area (Å²) >= 11 is 0. The largest absolute Gasteiger partial charge is 0.504 e. The molecule has 11 heteroatoms. The van der Waals surface area contributed by atoms with Crippen molar-refractivity contribution in [1.82, 2.24) is 9.97 Å². The van der Waals surface area contributed by atoms with Crippen molar-refractivity contribution in [3.05, 3.63) is 73.2 Å². The number of methoxy groups -OCH3 is 1. The Morgan fingerprint density at radius 2 is 1.51 bits per heavy atom. The van der Waals surface area contributed by atoms with Gasteiger partial charge in [0.1, 0.15) is 5.82 Å². The summed E-state index contributed by atoms with van der Waals surface area (Å²) < 4.78 is 5.27. The van der Waals surface area contributed by atoms with Crippen molar-refractivity contribution in [1.29, 1.82) is 0 Å². The van der Waals surface area contributed by atoms with E-state index in [2.05, 4.69) is 15.6 Å². The summed E-state index contributed by atoms with van der Waals surface area (Å²) in [7, 11) is 1.41. The van der Waals surface area contributed by atoms with Crippen molar-refractivity contribution in [2.24, 2.45) is 0 Å². The number of carboxylic acid groups (broad SMARTS) is 1. The lowest BCUT2D eigenvalue weighted by Gasteiger charge is -2.09. The number of hydrogen-bond donors (Lipinski definition) is 6. The van der Waals surface area contributed by atoms with Crippen LogP contribution in [0.5, 0.6) is 11.5 Å². The minimum Gasteiger partial charge on any atom is -0.504 e. The quantitative estimate of drug-likeness (QED) is 0.157. The number of imidazole rings is 1. The molecule has 0 bridgehead atoms. The summed E-state index contributed by atoms with van der Waals surface area (Å²) in [6.45, 7) is 4.97. The Balaban J connectivity index is 1.74. The number of amides is 2. The highest BCUT2D eigenvalue weighted by molar-refractivity contribution is 5.93. The number of H-pyrrole nitrogens is 1. The number of rotatable bonds is 11. The van der Waals surface area contributed by atoms with E-state index in [1.807, 2.05) is 0 Å². The van der Waals surface area contributed by atoms with Gasteiger partial charge in [0.05, 0.1) is 31.5 Å². The second-order valence-electron chi connectivity index (χ2n) is 9.00. The number of aromatic hydroxyl groups is 1. The molecule has 0 saturated carbocycles. The van der Waals surface area contributed by atoms with Crippen LogP contribution in [0, 0.1) is 6.92 Å². The number of carboxylic acids is 1. The van der Waals surface area contributed by atoms with Gasteiger partial charge in [-0.25, -0.2) is 4.98 Å². The van der Waals surface area contributed by atoms with Crippen LogP contribution in [0.4, 0.5) is 11.4 Å². The molecule has 4 rings (SSSR count). The summed E-state index contributed by atoms with van der Waals surface area (Å²) in [5.41, 5.74) is 4.57. The lowest BCUT2D eigenvalue weighted by Crippen LogP contribution is -2.13. The second kappa shape index (κ2) is 12.8. The van der Waals surface area contributed by atoms with Gasteiger partial charge in [-0.1, -0.05) is 24.3 Å². The number of aliphatic hydroxyl groups is 1. The smallest absolute Gasteiger partial charge is 0.303 e. The number of hydrogen-bond acceptors (Lipinski definition) is 7. The normalized spacial score (nSPS) is 10.7. The van der Waals surface area contributed by atoms with Crippen LogP contribution < -0.4 is 15.4 Å². The Hall–Kier alpha value is -5.16. The molecule has 0 spiro atoms. The highest BCUT2D eigenvalue weighted by Gasteiger charge is 2.19. The van der Waals surface area contributed by atoms with Crippen molar-refractivity contribution in [3.8, 4) is 45.4 Å². The van der Waals surface area contributed by atoms with Crippen molar-refractivity contribution in [2.45, 2.75) is 25.9 Å². The maximum Gasteiger partial charge on any atom is 0.303 e. The van der Waals surface area contributed by atoms with E-state index in [4.69, 9.17) is 21.8 Å². The first kappa shape index (κ1) is 28.8. The molecular formula is C30H28N4O7. The molecule has 0 fully saturated rings. The minimum absolute atomic E-state index is 0.140. The number of carbonyl (C=O) groups excluding carboxylic acids is 2. The molecule has 2 amide bonds. The van der Waals surface area contributed by atoms with Crippen LogP contribution in [0.1, 0.15) is 24.8 Å². The Bertz CT molecular complexity index is 1540. The van der Waals surface area contributed by atoms with Crippen LogP contribution in [-0.4, -0.2) is 50.2 Å². The number of aliphatic carboxylic acids is 1. The van der Waals surface area contributed by atoms with Gasteiger partial charge in [0.25, 0.3) is 0 Å². The number of aliphatic hydroxyl groups excluding tert-OH is 1. The van der Waals surface area contributed by atoms with Gasteiger partial charge < -0.3 is 35.7 Å². The van der Waals surface area contributed by atoms with E-state index in [1.54, 1.807) is 60.7 Å². The molecule has 11 nitrogen and oxygen atoms in total. The highest BCUT2D eigenvalue weighted by atomic mass is 16.5. The van der Waals surface area contributed by atoms with E-state index in [-0.39, 0.29) is 42.2 Å². The Morgan fingerprint density at radius 1 is 0.902 bits per heavy atom. The van der Waals surface area contributed by atoms with Crippen molar-refractivity contribution in [2.75, 3.05) is 17.7 Å². The summed E-state index contributed by atoms with van der Waals surface area (Å²) in [5, 5.41) is 34.2. The monoisotopic (exact) mass is 556 g/mol. The molecule has 210 valence electrons. The van der Waals surface area contributed by atoms with E-state index >= 15 is 0 Å². The maximum absolute atomic E-state index is 12.0. The van der Waals surface area contributed by atoms with Crippen LogP contribution >= 0.6 is 0 Å². The van der Waals surface area contributed by atoms with Crippen LogP contribution in [0.3, 0.4) is 0 Å². The molecule has 2 radical (unpaired) electrons. The molecule has 0 aliphatic carbocycles. The number of anilines is 2. The third-order valence-electron chi connectivity index (χ3n) is 6.17. The van der Waals surface area contributed by atoms with E-state index < -0.39 is 18.5 Å². The number of carbonyl (C=O) groups is 3. The molecule has 4 aromatic rings. The Labute approximate surface area is 235 Å². The van der Waals surface area contributed by atoms with Crippen LogP contribution in [-0.2, 0) is 21.0 Å². The van der Waals surface area contributed by atoms with Crippen molar-refractivity contribution >= 4 is 29.2 Å². The zero-order valence-corrected chi connectivity index (χ0v) is 22.1. The molecular weight excluding hydrogens is 528 g/mol. The third-order valence-corrected chi connectivity index (χ3v) is 6.17. The van der Waals surface area contributed by atoms with Gasteiger partial charge in [-0.15, -0.1) is 0 Å². The van der Waals surface area contributed by atoms with Crippen LogP contribution in [0.25, 0.3) is 33.9 Å². The maximum atomic E-state index is 12.0. The molecule has 0 aliphatic heterocycles. The fourth-order valence-corrected chi connectivity index (χ4v) is 4.09. The summed E-state index contributed by atoms with van der Waals surface area (Å²) in [6, 6.07) is 17.2. The molecule has 3 aromatic carbocycles. The van der Waals surface area contributed by atoms with Gasteiger partial charge in [-0.3, -0.25) is 14.4 Å². The van der Waals surface area contributed by atoms with Gasteiger partial charge in [0.2, 0.25) is 11.8 Å². The Morgan fingerprint density at radius 3 is 2.07 bits per heavy atom. The Kier molecular flexibility index (Phi) is 9.00. The van der Waals surface area contributed by atoms with Gasteiger partial charge >= 0.3 is 5.97 Å². The zero-order valence-electron chi connectivity index (χ0n) is 22.1. The van der Waals surface area contributed by atoms with Gasteiger partial charge in [-0.2, -0.15) is 0 Å². The molecule has 6 N–H and O–H groups in total. The molecule has 41 heavy (non-hydrogen) atoms. The van der Waals surface area contributed by atoms with Crippen molar-refractivity contribution < 1.29 is 34.4 Å². The predicted octanol–water partition coefficient (Wildman–Crippen LogP) is 4.46. The number of phenols is 1. The first-order valence-corrected chi connectivity index (χ1v) is 12.6. The summed E-state index contributed by atoms with van der Waals surface area (Å²) in [4.78, 5) is 42.6. The van der Waals surface area contributed by atoms with E-state index in [9.17, 15) is 24.6 Å². The number of aromatic nitrogens is 2. The molecule has 0 atom stereocenters. The zero-order chi connectivity index (χ0) is 29.5. The fourth-order valence-electron chi connectivity index (χ4n) is 4.09. The highest BCUT2D eigenvalue weighted by Crippen LogP contribution is 2.38. The number of ether oxygens (including phenoxy) is 1. The number of aromatic amines is 1. The molecule has 1 heterocycles. The van der Waals surface area contributed by atoms with E-state index in [0.717, 1.165) is 11.1 Å². The van der Waals surface area contributed by atoms with Crippen molar-refractivity contribution in [3.63, 3.8) is 0 Å². The van der Waals surface area contributed by atoms with E-state index in [1.165, 1.54) is 7.11 Å². The van der Waals surface area contributed by atoms with E-state index in [0.29, 0.717) is 34.2 Å². The summed E-state index contributed by atoms with van der Waals surface area (Å²) in [5.74, 6) is -1.33. The molecule has 0 aliphatic rings. The second-order valence-corrected chi connectivity index (χ2v) is 9.00. The number of nitrogens with zero attached hydrogens (tertiary/aromatic N) is 1. The lowest BCUT2D eigenvalue weighted by atomic mass is 10.0. The van der Waals surface area contributed by atoms with Crippen LogP contribution in [0.15, 0.2) is 60.7 Å². The van der Waals surface area contributed by atoms with Gasteiger partial charge in [0, 0.05) is 46.5 Å². The SMILES string of the molecule is [CH]CC(=O)Nc1ccc(-c2nc(-c3cc(CO)c(O)c(OC)c3)[nH]c2-c2ccc(NC(=O)CCC(=O)O)cc2)cc1. The topological polar surface area (TPSA) is 174 Å². The standard InChI is InChI=1S/C30H28N4O7/c1-3-24(36)31-21-8-4-17(5-9-21)27-28(18-6-10-22(11-7-18)32-25(37)12-13-26(38)39)34-30(33-27)19-14-20(16-35)29(40)23(15-19)41-2/h1,4-11,14-15,35,40H,3,12-13,16H2,2H3,(H,31,36)(H,32,37)(H,33,34)(H,38,39). The summed E-state index contributed by atoms with van der Waals surface area (Å²) in [6.07, 6.45) is -0.547. The third kappa shape index (κ3) is 6.89. The average molecular weight is 557 g/mol. The predicted molar refractivity (Wildman–Crippen MR) is 152 cm³/mol. The first-order chi connectivity index (χ1) is 19.7. The molecule has 1 aromatic heterocycles. The van der Waals surface area contributed by atoms with Gasteiger partial charge in [0.15, 0.2) is 11.5 Å². The number of nitrogens with one attached hydrogen (secondary N) is 3. The lowest BCUT2D eigenvalue weighted by molar-refractivity contribution is -0.138. The number of benzene rings is 3. The molecule has 0 saturated heterocycles. The first-order valence-electron chi connectivity index (χ1n) is 12.6. The minimum atomic E-state index is -1.05. The fraction of sp³-hybridized carbons (Fsp3) is 0.167.